The number of anilines is 1. The summed E-state index contributed by atoms with van der Waals surface area (Å²) < 4.78 is 1.01. The summed E-state index contributed by atoms with van der Waals surface area (Å²) in [5.74, 6) is 0.231. The predicted molar refractivity (Wildman–Crippen MR) is 67.7 cm³/mol. The average Bonchev–Trinajstić information content (AvgIpc) is 2.88. The minimum absolute atomic E-state index is 0.0436. The molecule has 1 fully saturated rings. The van der Waals surface area contributed by atoms with Crippen LogP contribution in [-0.2, 0) is 4.79 Å². The van der Waals surface area contributed by atoms with Gasteiger partial charge in [-0.1, -0.05) is 11.3 Å². The van der Waals surface area contributed by atoms with Crippen molar-refractivity contribution in [1.29, 1.82) is 0 Å². The van der Waals surface area contributed by atoms with Gasteiger partial charge in [0, 0.05) is 13.1 Å². The molecule has 0 aliphatic carbocycles. The summed E-state index contributed by atoms with van der Waals surface area (Å²) in [5, 5.41) is 0.515. The smallest absolute Gasteiger partial charge is 0.235 e. The van der Waals surface area contributed by atoms with Gasteiger partial charge >= 0.3 is 0 Å². The number of nitrogens with zero attached hydrogens (tertiary/aromatic N) is 2. The summed E-state index contributed by atoms with van der Waals surface area (Å²) in [6.07, 6.45) is 4.01. The molecule has 0 spiro atoms. The number of nitrogen functional groups attached to an aromatic ring is 1. The van der Waals surface area contributed by atoms with E-state index in [9.17, 15) is 4.79 Å². The maximum Gasteiger partial charge on any atom is 0.235 e. The zero-order valence-corrected chi connectivity index (χ0v) is 10.8. The Kier molecular flexibility index (Phi) is 3.70. The molecule has 2 rings (SSSR count). The standard InChI is InChI=1S/C10H15N3OS2/c1-7(9(14)13-4-2-3-5-13)15-8-6-12-10(11)16-8/h6-7H,2-5H2,1H3,(H2,11,12). The van der Waals surface area contributed by atoms with Crippen LogP contribution in [0.15, 0.2) is 10.4 Å². The zero-order chi connectivity index (χ0) is 11.5. The number of nitrogens with two attached hydrogens (primary N) is 1. The monoisotopic (exact) mass is 257 g/mol. The molecule has 0 radical (unpaired) electrons. The molecular weight excluding hydrogens is 242 g/mol. The number of likely N-dealkylation sites (tertiary alicyclic amines) is 1. The first-order valence-corrected chi connectivity index (χ1v) is 7.03. The van der Waals surface area contributed by atoms with Crippen molar-refractivity contribution in [3.8, 4) is 0 Å². The first-order valence-electron chi connectivity index (χ1n) is 5.33. The largest absolute Gasteiger partial charge is 0.375 e. The number of hydrogen-bond donors (Lipinski definition) is 1. The van der Waals surface area contributed by atoms with E-state index in [1.54, 1.807) is 18.0 Å². The average molecular weight is 257 g/mol. The fraction of sp³-hybridized carbons (Fsp3) is 0.600. The van der Waals surface area contributed by atoms with Gasteiger partial charge in [0.15, 0.2) is 5.13 Å². The molecule has 6 heteroatoms. The maximum atomic E-state index is 12.0. The first kappa shape index (κ1) is 11.7. The van der Waals surface area contributed by atoms with Gasteiger partial charge in [-0.3, -0.25) is 4.79 Å². The van der Waals surface area contributed by atoms with Crippen LogP contribution in [0.1, 0.15) is 19.8 Å². The zero-order valence-electron chi connectivity index (χ0n) is 9.18. The number of amides is 1. The van der Waals surface area contributed by atoms with Gasteiger partial charge < -0.3 is 10.6 Å². The quantitative estimate of drug-likeness (QED) is 0.839. The molecule has 1 atom stereocenters. The number of carbonyl (C=O) groups excluding carboxylic acids is 1. The summed E-state index contributed by atoms with van der Waals surface area (Å²) in [4.78, 5) is 17.9. The Hall–Kier alpha value is -0.750. The molecule has 0 bridgehead atoms. The van der Waals surface area contributed by atoms with Crippen molar-refractivity contribution < 1.29 is 4.79 Å². The van der Waals surface area contributed by atoms with Gasteiger partial charge in [0.25, 0.3) is 0 Å². The van der Waals surface area contributed by atoms with E-state index in [4.69, 9.17) is 5.73 Å². The second kappa shape index (κ2) is 5.05. The van der Waals surface area contributed by atoms with Crippen LogP contribution in [0.4, 0.5) is 5.13 Å². The highest BCUT2D eigenvalue weighted by Crippen LogP contribution is 2.31. The molecule has 1 aromatic rings. The van der Waals surface area contributed by atoms with Crippen LogP contribution in [0.5, 0.6) is 0 Å². The fourth-order valence-electron chi connectivity index (χ4n) is 1.75. The van der Waals surface area contributed by atoms with Crippen LogP contribution < -0.4 is 5.73 Å². The third kappa shape index (κ3) is 2.68. The van der Waals surface area contributed by atoms with Gasteiger partial charge in [-0.25, -0.2) is 4.98 Å². The topological polar surface area (TPSA) is 59.2 Å². The van der Waals surface area contributed by atoms with Crippen LogP contribution >= 0.6 is 23.1 Å². The van der Waals surface area contributed by atoms with Crippen LogP contribution in [0, 0.1) is 0 Å². The lowest BCUT2D eigenvalue weighted by Gasteiger charge is -2.19. The molecule has 2 heterocycles. The summed E-state index contributed by atoms with van der Waals surface area (Å²) in [7, 11) is 0. The Bertz CT molecular complexity index is 374. The van der Waals surface area contributed by atoms with Crippen molar-refractivity contribution in [2.45, 2.75) is 29.2 Å². The normalized spacial score (nSPS) is 17.7. The number of hydrogen-bond acceptors (Lipinski definition) is 5. The van der Waals surface area contributed by atoms with Gasteiger partial charge in [-0.05, 0) is 19.8 Å². The third-order valence-corrected chi connectivity index (χ3v) is 4.61. The minimum Gasteiger partial charge on any atom is -0.375 e. The van der Waals surface area contributed by atoms with Gasteiger partial charge in [-0.15, -0.1) is 11.8 Å². The summed E-state index contributed by atoms with van der Waals surface area (Å²) in [6, 6.07) is 0. The van der Waals surface area contributed by atoms with E-state index in [-0.39, 0.29) is 11.2 Å². The van der Waals surface area contributed by atoms with Crippen molar-refractivity contribution in [3.63, 3.8) is 0 Å². The number of rotatable bonds is 3. The maximum absolute atomic E-state index is 12.0. The van der Waals surface area contributed by atoms with E-state index in [1.807, 2.05) is 11.8 Å². The van der Waals surface area contributed by atoms with E-state index in [1.165, 1.54) is 11.3 Å². The van der Waals surface area contributed by atoms with Crippen LogP contribution in [0.25, 0.3) is 0 Å². The molecule has 0 saturated carbocycles. The molecule has 1 aromatic heterocycles. The summed E-state index contributed by atoms with van der Waals surface area (Å²) >= 11 is 2.98. The molecule has 16 heavy (non-hydrogen) atoms. The van der Waals surface area contributed by atoms with E-state index in [0.717, 1.165) is 30.1 Å². The first-order chi connectivity index (χ1) is 7.66. The highest BCUT2D eigenvalue weighted by Gasteiger charge is 2.24. The van der Waals surface area contributed by atoms with Gasteiger partial charge in [0.05, 0.1) is 15.7 Å². The second-order valence-electron chi connectivity index (χ2n) is 3.81. The van der Waals surface area contributed by atoms with Crippen molar-refractivity contribution in [1.82, 2.24) is 9.88 Å². The Morgan fingerprint density at radius 1 is 1.62 bits per heavy atom. The van der Waals surface area contributed by atoms with E-state index < -0.39 is 0 Å². The summed E-state index contributed by atoms with van der Waals surface area (Å²) in [6.45, 7) is 3.77. The SMILES string of the molecule is CC(Sc1cnc(N)s1)C(=O)N1CCCC1. The molecule has 1 saturated heterocycles. The minimum atomic E-state index is -0.0436. The lowest BCUT2D eigenvalue weighted by Crippen LogP contribution is -2.33. The number of aromatic nitrogens is 1. The highest BCUT2D eigenvalue weighted by atomic mass is 32.2. The Morgan fingerprint density at radius 3 is 2.88 bits per heavy atom. The third-order valence-electron chi connectivity index (χ3n) is 2.56. The summed E-state index contributed by atoms with van der Waals surface area (Å²) in [5.41, 5.74) is 5.55. The molecule has 0 aromatic carbocycles. The van der Waals surface area contributed by atoms with Crippen molar-refractivity contribution in [2.24, 2.45) is 0 Å². The van der Waals surface area contributed by atoms with Gasteiger partial charge in [0.1, 0.15) is 0 Å². The van der Waals surface area contributed by atoms with Gasteiger partial charge in [-0.2, -0.15) is 0 Å². The molecule has 2 N–H and O–H groups in total. The van der Waals surface area contributed by atoms with Gasteiger partial charge in [0.2, 0.25) is 5.91 Å². The lowest BCUT2D eigenvalue weighted by atomic mass is 10.4. The van der Waals surface area contributed by atoms with Crippen molar-refractivity contribution in [3.05, 3.63) is 6.20 Å². The Labute approximate surface area is 103 Å². The lowest BCUT2D eigenvalue weighted by molar-refractivity contribution is -0.129. The second-order valence-corrected chi connectivity index (χ2v) is 6.51. The van der Waals surface area contributed by atoms with E-state index in [2.05, 4.69) is 4.98 Å². The molecule has 1 aliphatic heterocycles. The fourth-order valence-corrected chi connectivity index (χ4v) is 3.76. The molecule has 1 aliphatic rings. The predicted octanol–water partition coefficient (Wildman–Crippen LogP) is 1.83. The molecule has 1 amide bonds. The van der Waals surface area contributed by atoms with Crippen LogP contribution in [-0.4, -0.2) is 34.1 Å². The van der Waals surface area contributed by atoms with E-state index in [0.29, 0.717) is 5.13 Å². The molecule has 1 unspecified atom stereocenters. The van der Waals surface area contributed by atoms with Crippen molar-refractivity contribution in [2.75, 3.05) is 18.8 Å². The molecule has 4 nitrogen and oxygen atoms in total. The Morgan fingerprint density at radius 2 is 2.31 bits per heavy atom. The molecular formula is C10H15N3OS2. The van der Waals surface area contributed by atoms with Crippen LogP contribution in [0.2, 0.25) is 0 Å². The molecule has 88 valence electrons. The number of thioether (sulfide) groups is 1. The van der Waals surface area contributed by atoms with Crippen molar-refractivity contribution >= 4 is 34.1 Å². The van der Waals surface area contributed by atoms with E-state index >= 15 is 0 Å². The number of thiazole rings is 1. The van der Waals surface area contributed by atoms with Crippen LogP contribution in [0.3, 0.4) is 0 Å². The Balaban J connectivity index is 1.91. The highest BCUT2D eigenvalue weighted by molar-refractivity contribution is 8.02. The number of carbonyl (C=O) groups is 1.